The average molecular weight is 404 g/mol. The normalized spacial score (nSPS) is 19.8. The number of carbonyl (C=O) groups is 1. The van der Waals surface area contributed by atoms with Crippen LogP contribution in [0.1, 0.15) is 18.9 Å². The van der Waals surface area contributed by atoms with Crippen LogP contribution in [0.3, 0.4) is 0 Å². The molecule has 27 heavy (non-hydrogen) atoms. The zero-order valence-corrected chi connectivity index (χ0v) is 14.6. The van der Waals surface area contributed by atoms with E-state index >= 15 is 0 Å². The molecule has 3 N–H and O–H groups in total. The van der Waals surface area contributed by atoms with Crippen LogP contribution >= 0.6 is 11.8 Å². The number of fused-ring (bicyclic) bond motifs is 1. The molecule has 2 aromatic heterocycles. The highest BCUT2D eigenvalue weighted by atomic mass is 32.2. The van der Waals surface area contributed by atoms with Crippen molar-refractivity contribution in [2.75, 3.05) is 18.1 Å². The second-order valence-electron chi connectivity index (χ2n) is 5.74. The van der Waals surface area contributed by atoms with E-state index in [2.05, 4.69) is 20.3 Å². The number of thioether (sulfide) groups is 1. The van der Waals surface area contributed by atoms with Crippen LogP contribution in [0.4, 0.5) is 19.0 Å². The largest absolute Gasteiger partial charge is 0.480 e. The van der Waals surface area contributed by atoms with Gasteiger partial charge in [-0.05, 0) is 0 Å². The second kappa shape index (κ2) is 7.68. The van der Waals surface area contributed by atoms with Gasteiger partial charge in [0.15, 0.2) is 22.1 Å². The molecule has 1 aliphatic carbocycles. The van der Waals surface area contributed by atoms with Gasteiger partial charge in [-0.1, -0.05) is 29.1 Å². The predicted octanol–water partition coefficient (Wildman–Crippen LogP) is 1.82. The fourth-order valence-corrected chi connectivity index (χ4v) is 3.34. The Morgan fingerprint density at radius 1 is 1.41 bits per heavy atom. The Kier molecular flexibility index (Phi) is 5.51. The molecule has 0 fully saturated rings. The number of nitrogen functional groups attached to an aromatic ring is 1. The maximum absolute atomic E-state index is 12.3. The van der Waals surface area contributed by atoms with E-state index in [0.29, 0.717) is 12.1 Å². The third-order valence-corrected chi connectivity index (χ3v) is 4.55. The van der Waals surface area contributed by atoms with Gasteiger partial charge in [0.2, 0.25) is 0 Å². The summed E-state index contributed by atoms with van der Waals surface area (Å²) in [6, 6.07) is -0.295. The molecule has 9 nitrogen and oxygen atoms in total. The fraction of sp³-hybridized carbons (Fsp3) is 0.500. The number of aliphatic carboxylic acids is 1. The van der Waals surface area contributed by atoms with Crippen molar-refractivity contribution in [1.29, 1.82) is 0 Å². The number of carboxylic acid groups (broad SMARTS) is 1. The number of carboxylic acids is 1. The molecule has 3 rings (SSSR count). The minimum atomic E-state index is -4.26. The van der Waals surface area contributed by atoms with Crippen LogP contribution < -0.4 is 5.73 Å². The van der Waals surface area contributed by atoms with Gasteiger partial charge in [-0.25, -0.2) is 19.4 Å². The van der Waals surface area contributed by atoms with Crippen molar-refractivity contribution in [3.63, 3.8) is 0 Å². The van der Waals surface area contributed by atoms with Crippen LogP contribution in [-0.2, 0) is 9.53 Å². The Morgan fingerprint density at radius 3 is 2.89 bits per heavy atom. The van der Waals surface area contributed by atoms with Crippen LogP contribution in [0.15, 0.2) is 17.3 Å². The van der Waals surface area contributed by atoms with E-state index in [-0.39, 0.29) is 28.3 Å². The van der Waals surface area contributed by atoms with Gasteiger partial charge in [0.1, 0.15) is 6.61 Å². The summed E-state index contributed by atoms with van der Waals surface area (Å²) in [6.07, 6.45) is -1.72. The average Bonchev–Trinajstić information content (AvgIpc) is 3.18. The van der Waals surface area contributed by atoms with Gasteiger partial charge in [0.05, 0.1) is 18.6 Å². The molecule has 0 bridgehead atoms. The topological polar surface area (TPSA) is 129 Å². The van der Waals surface area contributed by atoms with E-state index in [1.165, 1.54) is 4.68 Å². The molecule has 1 unspecified atom stereocenters. The number of rotatable bonds is 7. The Balaban J connectivity index is 1.75. The lowest BCUT2D eigenvalue weighted by Crippen LogP contribution is -2.17. The van der Waals surface area contributed by atoms with Gasteiger partial charge in [-0.15, -0.1) is 5.10 Å². The number of allylic oxidation sites excluding steroid dienone is 1. The van der Waals surface area contributed by atoms with Gasteiger partial charge >= 0.3 is 12.1 Å². The molecule has 0 radical (unpaired) electrons. The van der Waals surface area contributed by atoms with E-state index < -0.39 is 31.3 Å². The van der Waals surface area contributed by atoms with Crippen LogP contribution in [0.5, 0.6) is 0 Å². The summed E-state index contributed by atoms with van der Waals surface area (Å²) in [4.78, 5) is 18.8. The van der Waals surface area contributed by atoms with Crippen molar-refractivity contribution < 1.29 is 27.8 Å². The lowest BCUT2D eigenvalue weighted by molar-refractivity contribution is -0.143. The van der Waals surface area contributed by atoms with Gasteiger partial charge in [-0.2, -0.15) is 13.2 Å². The third kappa shape index (κ3) is 4.86. The lowest BCUT2D eigenvalue weighted by atomic mass is 10.2. The van der Waals surface area contributed by atoms with Crippen LogP contribution in [0.2, 0.25) is 0 Å². The number of nitrogens with two attached hydrogens (primary N) is 1. The molecule has 2 aromatic rings. The van der Waals surface area contributed by atoms with E-state index in [1.807, 2.05) is 0 Å². The summed E-state index contributed by atoms with van der Waals surface area (Å²) in [7, 11) is 0. The second-order valence-corrected chi connectivity index (χ2v) is 6.80. The molecule has 2 atom stereocenters. The van der Waals surface area contributed by atoms with Gasteiger partial charge in [0, 0.05) is 12.2 Å². The maximum Gasteiger partial charge on any atom is 0.389 e. The number of hydrogen-bond acceptors (Lipinski definition) is 8. The molecule has 0 saturated heterocycles. The van der Waals surface area contributed by atoms with Gasteiger partial charge in [-0.3, -0.25) is 0 Å². The number of anilines is 1. The predicted molar refractivity (Wildman–Crippen MR) is 89.1 cm³/mol. The number of alkyl halides is 3. The minimum Gasteiger partial charge on any atom is -0.480 e. The molecular formula is C14H15F3N6O3S. The zero-order valence-electron chi connectivity index (χ0n) is 13.8. The highest BCUT2D eigenvalue weighted by Gasteiger charge is 2.28. The van der Waals surface area contributed by atoms with Gasteiger partial charge in [0.25, 0.3) is 0 Å². The highest BCUT2D eigenvalue weighted by molar-refractivity contribution is 7.99. The first-order chi connectivity index (χ1) is 12.7. The molecule has 0 spiro atoms. The Bertz CT molecular complexity index is 872. The Hall–Kier alpha value is -2.41. The lowest BCUT2D eigenvalue weighted by Gasteiger charge is -2.12. The summed E-state index contributed by atoms with van der Waals surface area (Å²) < 4.78 is 43.6. The third-order valence-electron chi connectivity index (χ3n) is 3.70. The molecule has 13 heteroatoms. The summed E-state index contributed by atoms with van der Waals surface area (Å²) >= 11 is 0.844. The Morgan fingerprint density at radius 2 is 2.19 bits per heavy atom. The molecule has 2 heterocycles. The molecule has 1 aliphatic rings. The monoisotopic (exact) mass is 404 g/mol. The molecule has 0 saturated carbocycles. The zero-order chi connectivity index (χ0) is 19.6. The first-order valence-electron chi connectivity index (χ1n) is 7.82. The number of hydrogen-bond donors (Lipinski definition) is 2. The number of halogens is 3. The molecule has 0 amide bonds. The number of ether oxygens (including phenoxy) is 1. The number of aromatic nitrogens is 5. The highest BCUT2D eigenvalue weighted by Crippen LogP contribution is 2.30. The number of nitrogens with zero attached hydrogens (tertiary/aromatic N) is 5. The van der Waals surface area contributed by atoms with E-state index in [4.69, 9.17) is 15.6 Å². The van der Waals surface area contributed by atoms with Gasteiger partial charge < -0.3 is 15.6 Å². The van der Waals surface area contributed by atoms with Crippen LogP contribution in [0.25, 0.3) is 11.2 Å². The van der Waals surface area contributed by atoms with Crippen molar-refractivity contribution in [3.8, 4) is 0 Å². The maximum atomic E-state index is 12.3. The van der Waals surface area contributed by atoms with E-state index in [0.717, 1.165) is 11.8 Å². The standard InChI is InChI=1S/C14H15F3N6O3S/c15-14(16,17)3-4-27-13-19-11(18)10-12(20-13)23(22-21-10)7-1-2-8(5-7)26-6-9(24)25/h1-2,7-8H,3-6H2,(H,24,25)(H2,18,19,20)/t7?,8-/m1/s1. The van der Waals surface area contributed by atoms with Crippen molar-refractivity contribution in [3.05, 3.63) is 12.2 Å². The smallest absolute Gasteiger partial charge is 0.389 e. The quantitative estimate of drug-likeness (QED) is 0.403. The Labute approximate surface area is 154 Å². The van der Waals surface area contributed by atoms with Crippen molar-refractivity contribution in [2.45, 2.75) is 36.3 Å². The molecule has 0 aromatic carbocycles. The summed E-state index contributed by atoms with van der Waals surface area (Å²) in [5, 5.41) is 16.7. The van der Waals surface area contributed by atoms with Crippen molar-refractivity contribution >= 4 is 34.7 Å². The van der Waals surface area contributed by atoms with Crippen molar-refractivity contribution in [2.24, 2.45) is 0 Å². The SMILES string of the molecule is Nc1nc(SCCC(F)(F)F)nc2c1nnn2C1C=C[C@@H](OCC(=O)O)C1. The van der Waals surface area contributed by atoms with E-state index in [9.17, 15) is 18.0 Å². The first kappa shape index (κ1) is 19.4. The molecule has 0 aliphatic heterocycles. The van der Waals surface area contributed by atoms with Crippen LogP contribution in [0, 0.1) is 0 Å². The summed E-state index contributed by atoms with van der Waals surface area (Å²) in [5.74, 6) is -1.27. The fourth-order valence-electron chi connectivity index (χ4n) is 2.51. The summed E-state index contributed by atoms with van der Waals surface area (Å²) in [6.45, 7) is -0.422. The molecule has 146 valence electrons. The summed E-state index contributed by atoms with van der Waals surface area (Å²) in [5.41, 5.74) is 6.37. The van der Waals surface area contributed by atoms with E-state index in [1.54, 1.807) is 12.2 Å². The minimum absolute atomic E-state index is 0.0291. The molecular weight excluding hydrogens is 389 g/mol. The van der Waals surface area contributed by atoms with Crippen LogP contribution in [-0.4, -0.2) is 60.7 Å². The first-order valence-corrected chi connectivity index (χ1v) is 8.81. The van der Waals surface area contributed by atoms with Crippen molar-refractivity contribution in [1.82, 2.24) is 25.0 Å².